The van der Waals surface area contributed by atoms with Crippen molar-refractivity contribution in [3.05, 3.63) is 28.2 Å². The lowest BCUT2D eigenvalue weighted by molar-refractivity contribution is 0.0856. The molecule has 1 aromatic carbocycles. The minimum Gasteiger partial charge on any atom is -0.496 e. The van der Waals surface area contributed by atoms with Gasteiger partial charge in [-0.2, -0.15) is 0 Å². The number of sulfone groups is 1. The van der Waals surface area contributed by atoms with Crippen LogP contribution in [0.3, 0.4) is 0 Å². The van der Waals surface area contributed by atoms with Crippen LogP contribution in [0.15, 0.2) is 22.7 Å². The van der Waals surface area contributed by atoms with Crippen LogP contribution in [0.5, 0.6) is 5.75 Å². The van der Waals surface area contributed by atoms with Crippen molar-refractivity contribution in [3.63, 3.8) is 0 Å². The molecule has 2 rings (SSSR count). The third kappa shape index (κ3) is 3.99. The molecular formula is C15H21BrO4S. The first-order valence-corrected chi connectivity index (χ1v) is 9.78. The summed E-state index contributed by atoms with van der Waals surface area (Å²) in [6.45, 7) is 0. The van der Waals surface area contributed by atoms with Gasteiger partial charge in [-0.1, -0.05) is 12.5 Å². The molecule has 3 unspecified atom stereocenters. The van der Waals surface area contributed by atoms with E-state index in [4.69, 9.17) is 4.74 Å². The number of rotatable bonds is 4. The molecule has 118 valence electrons. The van der Waals surface area contributed by atoms with Crippen LogP contribution in [-0.2, 0) is 9.84 Å². The molecule has 6 heteroatoms. The van der Waals surface area contributed by atoms with Gasteiger partial charge in [0.1, 0.15) is 15.6 Å². The average Bonchev–Trinajstić information content (AvgIpc) is 2.45. The number of aliphatic hydroxyl groups excluding tert-OH is 1. The summed E-state index contributed by atoms with van der Waals surface area (Å²) < 4.78 is 29.4. The molecule has 0 aliphatic heterocycles. The zero-order valence-electron chi connectivity index (χ0n) is 12.3. The number of benzene rings is 1. The van der Waals surface area contributed by atoms with Gasteiger partial charge in [-0.25, -0.2) is 8.42 Å². The molecule has 1 aromatic rings. The summed E-state index contributed by atoms with van der Waals surface area (Å²) in [4.78, 5) is 0. The maximum Gasteiger partial charge on any atom is 0.150 e. The summed E-state index contributed by atoms with van der Waals surface area (Å²) in [7, 11) is -1.44. The van der Waals surface area contributed by atoms with Crippen LogP contribution in [-0.4, -0.2) is 32.1 Å². The number of hydrogen-bond donors (Lipinski definition) is 1. The van der Waals surface area contributed by atoms with E-state index in [1.807, 2.05) is 12.1 Å². The number of hydrogen-bond acceptors (Lipinski definition) is 4. The standard InChI is InChI=1S/C15H21BrO4S/c1-20-14-7-6-11(9-13(14)16)15(17)10-4-3-5-12(8-10)21(2,18)19/h6-7,9-10,12,15,17H,3-5,8H2,1-2H3. The maximum absolute atomic E-state index is 11.7. The van der Waals surface area contributed by atoms with Crippen LogP contribution < -0.4 is 4.74 Å². The summed E-state index contributed by atoms with van der Waals surface area (Å²) in [5, 5.41) is 10.2. The molecule has 0 heterocycles. The largest absolute Gasteiger partial charge is 0.496 e. The second-order valence-corrected chi connectivity index (χ2v) is 8.90. The molecule has 0 bridgehead atoms. The lowest BCUT2D eigenvalue weighted by atomic mass is 9.82. The quantitative estimate of drug-likeness (QED) is 0.876. The van der Waals surface area contributed by atoms with Gasteiger partial charge in [-0.05, 0) is 58.8 Å². The van der Waals surface area contributed by atoms with Gasteiger partial charge in [-0.15, -0.1) is 0 Å². The Morgan fingerprint density at radius 1 is 1.38 bits per heavy atom. The van der Waals surface area contributed by atoms with Gasteiger partial charge in [0.2, 0.25) is 0 Å². The monoisotopic (exact) mass is 376 g/mol. The van der Waals surface area contributed by atoms with Gasteiger partial charge in [0.25, 0.3) is 0 Å². The Labute approximate surface area is 134 Å². The van der Waals surface area contributed by atoms with Crippen LogP contribution >= 0.6 is 15.9 Å². The number of methoxy groups -OCH3 is 1. The number of aliphatic hydroxyl groups is 1. The van der Waals surface area contributed by atoms with Crippen LogP contribution in [0.4, 0.5) is 0 Å². The molecule has 1 aliphatic carbocycles. The Balaban J connectivity index is 2.16. The van der Waals surface area contributed by atoms with Crippen LogP contribution in [0, 0.1) is 5.92 Å². The van der Waals surface area contributed by atoms with E-state index in [9.17, 15) is 13.5 Å². The van der Waals surface area contributed by atoms with E-state index >= 15 is 0 Å². The third-order valence-corrected chi connectivity index (χ3v) is 6.49. The third-order valence-electron chi connectivity index (χ3n) is 4.24. The second kappa shape index (κ2) is 6.67. The first kappa shape index (κ1) is 16.8. The fourth-order valence-corrected chi connectivity index (χ4v) is 4.75. The van der Waals surface area contributed by atoms with E-state index in [-0.39, 0.29) is 11.2 Å². The smallest absolute Gasteiger partial charge is 0.150 e. The molecule has 0 saturated heterocycles. The minimum atomic E-state index is -3.03. The predicted octanol–water partition coefficient (Wildman–Crippen LogP) is 3.09. The lowest BCUT2D eigenvalue weighted by Crippen LogP contribution is -2.30. The van der Waals surface area contributed by atoms with Crippen molar-refractivity contribution in [2.75, 3.05) is 13.4 Å². The molecule has 1 N–H and O–H groups in total. The fourth-order valence-electron chi connectivity index (χ4n) is 3.00. The van der Waals surface area contributed by atoms with Crippen molar-refractivity contribution in [3.8, 4) is 5.75 Å². The Kier molecular flexibility index (Phi) is 5.33. The van der Waals surface area contributed by atoms with Crippen molar-refractivity contribution in [1.29, 1.82) is 0 Å². The fraction of sp³-hybridized carbons (Fsp3) is 0.600. The SMILES string of the molecule is COc1ccc(C(O)C2CCCC(S(C)(=O)=O)C2)cc1Br. The van der Waals surface area contributed by atoms with Gasteiger partial charge in [0.05, 0.1) is 22.9 Å². The van der Waals surface area contributed by atoms with Gasteiger partial charge in [0.15, 0.2) is 0 Å². The van der Waals surface area contributed by atoms with E-state index in [2.05, 4.69) is 15.9 Å². The Bertz CT molecular complexity index is 600. The summed E-state index contributed by atoms with van der Waals surface area (Å²) >= 11 is 3.41. The highest BCUT2D eigenvalue weighted by molar-refractivity contribution is 9.10. The zero-order chi connectivity index (χ0) is 15.6. The molecule has 0 radical (unpaired) electrons. The highest BCUT2D eigenvalue weighted by Gasteiger charge is 2.33. The summed E-state index contributed by atoms with van der Waals surface area (Å²) in [6.07, 6.45) is 3.58. The molecule has 0 spiro atoms. The van der Waals surface area contributed by atoms with E-state index in [1.54, 1.807) is 13.2 Å². The van der Waals surface area contributed by atoms with Gasteiger partial charge in [-0.3, -0.25) is 0 Å². The Morgan fingerprint density at radius 3 is 2.67 bits per heavy atom. The highest BCUT2D eigenvalue weighted by Crippen LogP contribution is 2.38. The molecule has 1 fully saturated rings. The first-order valence-electron chi connectivity index (χ1n) is 7.03. The van der Waals surface area contributed by atoms with Crippen LogP contribution in [0.1, 0.15) is 37.4 Å². The van der Waals surface area contributed by atoms with Crippen LogP contribution in [0.25, 0.3) is 0 Å². The lowest BCUT2D eigenvalue weighted by Gasteiger charge is -2.31. The molecule has 21 heavy (non-hydrogen) atoms. The minimum absolute atomic E-state index is 0.0150. The van der Waals surface area contributed by atoms with Gasteiger partial charge >= 0.3 is 0 Å². The van der Waals surface area contributed by atoms with Crippen LogP contribution in [0.2, 0.25) is 0 Å². The predicted molar refractivity (Wildman–Crippen MR) is 86.2 cm³/mol. The van der Waals surface area contributed by atoms with Crippen molar-refractivity contribution >= 4 is 25.8 Å². The van der Waals surface area contributed by atoms with Gasteiger partial charge in [0, 0.05) is 6.26 Å². The van der Waals surface area contributed by atoms with Crippen molar-refractivity contribution in [2.24, 2.45) is 5.92 Å². The molecule has 4 nitrogen and oxygen atoms in total. The molecule has 1 aliphatic rings. The van der Waals surface area contributed by atoms with Gasteiger partial charge < -0.3 is 9.84 Å². The topological polar surface area (TPSA) is 63.6 Å². The zero-order valence-corrected chi connectivity index (χ0v) is 14.7. The van der Waals surface area contributed by atoms with E-state index in [1.165, 1.54) is 6.26 Å². The average molecular weight is 377 g/mol. The van der Waals surface area contributed by atoms with Crippen molar-refractivity contribution in [1.82, 2.24) is 0 Å². The summed E-state index contributed by atoms with van der Waals surface area (Å²) in [5.74, 6) is 0.697. The highest BCUT2D eigenvalue weighted by atomic mass is 79.9. The molecular weight excluding hydrogens is 356 g/mol. The number of halogens is 1. The van der Waals surface area contributed by atoms with Crippen molar-refractivity contribution < 1.29 is 18.3 Å². The van der Waals surface area contributed by atoms with E-state index < -0.39 is 15.9 Å². The second-order valence-electron chi connectivity index (χ2n) is 5.72. The Morgan fingerprint density at radius 2 is 2.10 bits per heavy atom. The molecule has 3 atom stereocenters. The molecule has 1 saturated carbocycles. The van der Waals surface area contributed by atoms with E-state index in [0.717, 1.165) is 22.9 Å². The van der Waals surface area contributed by atoms with E-state index in [0.29, 0.717) is 18.6 Å². The summed E-state index contributed by atoms with van der Waals surface area (Å²) in [5.41, 5.74) is 0.793. The maximum atomic E-state index is 11.7. The summed E-state index contributed by atoms with van der Waals surface area (Å²) in [6, 6.07) is 5.48. The molecule has 0 amide bonds. The van der Waals surface area contributed by atoms with Crippen molar-refractivity contribution in [2.45, 2.75) is 37.0 Å². The normalized spacial score (nSPS) is 24.6. The number of ether oxygens (including phenoxy) is 1. The molecule has 0 aromatic heterocycles. The first-order chi connectivity index (χ1) is 9.82. The Hall–Kier alpha value is -0.590.